The van der Waals surface area contributed by atoms with E-state index in [0.717, 1.165) is 10.9 Å². The van der Waals surface area contributed by atoms with Crippen molar-refractivity contribution in [1.29, 1.82) is 0 Å². The van der Waals surface area contributed by atoms with Crippen LogP contribution in [0.3, 0.4) is 0 Å². The zero-order chi connectivity index (χ0) is 22.5. The maximum atomic E-state index is 12.3. The van der Waals surface area contributed by atoms with Crippen LogP contribution >= 0.6 is 0 Å². The van der Waals surface area contributed by atoms with Crippen molar-refractivity contribution in [2.45, 2.75) is 32.1 Å². The second-order valence-electron chi connectivity index (χ2n) is 6.78. The number of rotatable bonds is 5. The lowest BCUT2D eigenvalue weighted by atomic mass is 9.98. The molecule has 2 heterocycles. The first-order valence-electron chi connectivity index (χ1n) is 8.64. The highest BCUT2D eigenvalue weighted by Gasteiger charge is 2.38. The molecule has 162 valence electrons. The summed E-state index contributed by atoms with van der Waals surface area (Å²) >= 11 is 0. The van der Waals surface area contributed by atoms with Gasteiger partial charge in [0.15, 0.2) is 0 Å². The number of benzene rings is 1. The van der Waals surface area contributed by atoms with Gasteiger partial charge in [0.05, 0.1) is 23.8 Å². The number of nitrogens with two attached hydrogens (primary N) is 1. The first-order valence-corrected chi connectivity index (χ1v) is 8.64. The van der Waals surface area contributed by atoms with E-state index >= 15 is 0 Å². The number of carboxylic acid groups (broad SMARTS) is 1. The van der Waals surface area contributed by atoms with Crippen molar-refractivity contribution in [3.05, 3.63) is 48.0 Å². The smallest absolute Gasteiger partial charge is 0.475 e. The zero-order valence-corrected chi connectivity index (χ0v) is 16.1. The molecule has 2 aromatic heterocycles. The number of nitrogens with one attached hydrogen (secondary N) is 1. The van der Waals surface area contributed by atoms with E-state index in [1.807, 2.05) is 35.1 Å². The van der Waals surface area contributed by atoms with Crippen molar-refractivity contribution < 1.29 is 32.4 Å². The highest BCUT2D eigenvalue weighted by molar-refractivity contribution is 5.95. The number of nitrogens with zero attached hydrogens (tertiary/aromatic N) is 3. The second kappa shape index (κ2) is 8.95. The minimum Gasteiger partial charge on any atom is -0.475 e. The molecule has 0 aliphatic carbocycles. The Morgan fingerprint density at radius 3 is 2.50 bits per heavy atom. The largest absolute Gasteiger partial charge is 0.490 e. The summed E-state index contributed by atoms with van der Waals surface area (Å²) in [6, 6.07) is 7.94. The number of fused-ring (bicyclic) bond motifs is 1. The zero-order valence-electron chi connectivity index (χ0n) is 16.1. The predicted octanol–water partition coefficient (Wildman–Crippen LogP) is 2.28. The molecule has 0 saturated carbocycles. The van der Waals surface area contributed by atoms with Gasteiger partial charge >= 0.3 is 12.1 Å². The third-order valence-electron chi connectivity index (χ3n) is 3.83. The number of hydrogen-bond acceptors (Lipinski definition) is 6. The number of carbonyl (C=O) groups excluding carboxylic acids is 1. The van der Waals surface area contributed by atoms with Gasteiger partial charge in [-0.05, 0) is 19.9 Å². The normalized spacial score (nSPS) is 11.7. The third-order valence-corrected chi connectivity index (χ3v) is 3.83. The van der Waals surface area contributed by atoms with E-state index in [4.69, 9.17) is 20.2 Å². The molecule has 0 saturated heterocycles. The Hall–Kier alpha value is -3.41. The molecule has 3 rings (SSSR count). The van der Waals surface area contributed by atoms with Crippen molar-refractivity contribution in [3.8, 4) is 0 Å². The van der Waals surface area contributed by atoms with Crippen LogP contribution in [0.4, 0.5) is 13.2 Å². The van der Waals surface area contributed by atoms with Gasteiger partial charge in [-0.15, -0.1) is 0 Å². The fraction of sp³-hybridized carbons (Fsp3) is 0.333. The molecule has 0 atom stereocenters. The third kappa shape index (κ3) is 5.80. The summed E-state index contributed by atoms with van der Waals surface area (Å²) in [6.07, 6.45) is -1.95. The van der Waals surface area contributed by atoms with Gasteiger partial charge in [-0.3, -0.25) is 9.48 Å². The fourth-order valence-electron chi connectivity index (χ4n) is 2.44. The van der Waals surface area contributed by atoms with E-state index < -0.39 is 17.7 Å². The molecule has 4 N–H and O–H groups in total. The van der Waals surface area contributed by atoms with Crippen molar-refractivity contribution in [2.75, 3.05) is 6.54 Å². The number of hydrogen-bond donors (Lipinski definition) is 3. The predicted molar refractivity (Wildman–Crippen MR) is 99.5 cm³/mol. The van der Waals surface area contributed by atoms with E-state index in [1.54, 1.807) is 13.8 Å². The van der Waals surface area contributed by atoms with Gasteiger partial charge < -0.3 is 20.7 Å². The van der Waals surface area contributed by atoms with Crippen LogP contribution in [0.25, 0.3) is 10.9 Å². The van der Waals surface area contributed by atoms with Gasteiger partial charge in [0.25, 0.3) is 5.91 Å². The monoisotopic (exact) mass is 427 g/mol. The number of para-hydroxylation sites is 1. The first-order chi connectivity index (χ1) is 13.9. The molecule has 1 amide bonds. The van der Waals surface area contributed by atoms with Crippen LogP contribution in [0.1, 0.15) is 29.9 Å². The highest BCUT2D eigenvalue weighted by Crippen LogP contribution is 2.19. The van der Waals surface area contributed by atoms with Crippen LogP contribution in [0.2, 0.25) is 0 Å². The SMILES string of the molecule is CC(C)(N)c1nocc1C(=O)NCCn1ncc2ccccc21.O=C(O)C(F)(F)F. The van der Waals surface area contributed by atoms with E-state index in [9.17, 15) is 18.0 Å². The van der Waals surface area contributed by atoms with Gasteiger partial charge in [0.2, 0.25) is 0 Å². The Bertz CT molecular complexity index is 1020. The Morgan fingerprint density at radius 2 is 1.90 bits per heavy atom. The van der Waals surface area contributed by atoms with E-state index in [1.165, 1.54) is 6.26 Å². The van der Waals surface area contributed by atoms with Crippen LogP contribution in [-0.2, 0) is 16.9 Å². The minimum absolute atomic E-state index is 0.253. The van der Waals surface area contributed by atoms with Crippen LogP contribution in [0.5, 0.6) is 0 Å². The van der Waals surface area contributed by atoms with E-state index in [-0.39, 0.29) is 5.91 Å². The number of aromatic nitrogens is 3. The van der Waals surface area contributed by atoms with Gasteiger partial charge in [-0.2, -0.15) is 18.3 Å². The van der Waals surface area contributed by atoms with Gasteiger partial charge in [-0.1, -0.05) is 23.4 Å². The Balaban J connectivity index is 0.000000396. The van der Waals surface area contributed by atoms with E-state index in [0.29, 0.717) is 24.3 Å². The molecule has 30 heavy (non-hydrogen) atoms. The maximum absolute atomic E-state index is 12.3. The number of halogens is 3. The lowest BCUT2D eigenvalue weighted by Crippen LogP contribution is -2.34. The molecular formula is C18H20F3N5O4. The summed E-state index contributed by atoms with van der Waals surface area (Å²) in [6.45, 7) is 4.57. The summed E-state index contributed by atoms with van der Waals surface area (Å²) in [4.78, 5) is 21.2. The number of alkyl halides is 3. The maximum Gasteiger partial charge on any atom is 0.490 e. The molecule has 0 aliphatic rings. The average Bonchev–Trinajstić information content (AvgIpc) is 3.28. The molecule has 0 aliphatic heterocycles. The van der Waals surface area contributed by atoms with Crippen LogP contribution in [-0.4, -0.2) is 44.6 Å². The Kier molecular flexibility index (Phi) is 6.82. The average molecular weight is 427 g/mol. The standard InChI is InChI=1S/C16H19N5O2.C2HF3O2/c1-16(2,17)14-12(10-23-20-14)15(22)18-7-8-21-13-6-4-3-5-11(13)9-19-21;3-2(4,5)1(6)7/h3-6,9-10H,7-8,17H2,1-2H3,(H,18,22);(H,6,7). The van der Waals surface area contributed by atoms with Crippen molar-refractivity contribution in [3.63, 3.8) is 0 Å². The quantitative estimate of drug-likeness (QED) is 0.568. The second-order valence-corrected chi connectivity index (χ2v) is 6.78. The summed E-state index contributed by atoms with van der Waals surface area (Å²) in [5, 5.41) is 19.2. The molecule has 1 aromatic carbocycles. The van der Waals surface area contributed by atoms with E-state index in [2.05, 4.69) is 15.6 Å². The number of carboxylic acids is 1. The Labute approximate surface area is 168 Å². The van der Waals surface area contributed by atoms with Gasteiger partial charge in [0.1, 0.15) is 17.5 Å². The lowest BCUT2D eigenvalue weighted by Gasteiger charge is -2.16. The molecule has 9 nitrogen and oxygen atoms in total. The lowest BCUT2D eigenvalue weighted by molar-refractivity contribution is -0.192. The molecule has 0 bridgehead atoms. The topological polar surface area (TPSA) is 136 Å². The summed E-state index contributed by atoms with van der Waals surface area (Å²) < 4.78 is 38.5. The van der Waals surface area contributed by atoms with Gasteiger partial charge in [-0.25, -0.2) is 4.79 Å². The number of aliphatic carboxylic acids is 1. The molecular weight excluding hydrogens is 407 g/mol. The molecule has 0 unspecified atom stereocenters. The van der Waals surface area contributed by atoms with Crippen molar-refractivity contribution >= 4 is 22.8 Å². The minimum atomic E-state index is -5.08. The number of carbonyl (C=O) groups is 2. The summed E-state index contributed by atoms with van der Waals surface area (Å²) in [5.41, 5.74) is 7.10. The van der Waals surface area contributed by atoms with Crippen molar-refractivity contribution in [2.24, 2.45) is 5.73 Å². The van der Waals surface area contributed by atoms with Gasteiger partial charge in [0, 0.05) is 11.9 Å². The summed E-state index contributed by atoms with van der Waals surface area (Å²) in [5.74, 6) is -3.01. The fourth-order valence-corrected chi connectivity index (χ4v) is 2.44. The highest BCUT2D eigenvalue weighted by atomic mass is 19.4. The molecule has 0 radical (unpaired) electrons. The molecule has 0 fully saturated rings. The van der Waals surface area contributed by atoms with Crippen LogP contribution < -0.4 is 11.1 Å². The Morgan fingerprint density at radius 1 is 1.27 bits per heavy atom. The molecule has 12 heteroatoms. The molecule has 3 aromatic rings. The van der Waals surface area contributed by atoms with Crippen LogP contribution in [0.15, 0.2) is 41.2 Å². The summed E-state index contributed by atoms with van der Waals surface area (Å²) in [7, 11) is 0. The number of amides is 1. The van der Waals surface area contributed by atoms with Crippen LogP contribution in [0, 0.1) is 0 Å². The first kappa shape index (κ1) is 22.9. The van der Waals surface area contributed by atoms with Crippen molar-refractivity contribution in [1.82, 2.24) is 20.3 Å². The molecule has 0 spiro atoms.